The fraction of sp³-hybridized carbons (Fsp3) is 0.333. The first-order valence-electron chi connectivity index (χ1n) is 6.32. The summed E-state index contributed by atoms with van der Waals surface area (Å²) < 4.78 is 0.937. The molecule has 2 N–H and O–H groups in total. The van der Waals surface area contributed by atoms with Crippen molar-refractivity contribution >= 4 is 27.8 Å². The van der Waals surface area contributed by atoms with Crippen LogP contribution in [0.25, 0.3) is 0 Å². The summed E-state index contributed by atoms with van der Waals surface area (Å²) in [4.78, 5) is 22.9. The normalized spacial score (nSPS) is 12.3. The average molecular weight is 340 g/mol. The molecule has 0 fully saturated rings. The van der Waals surface area contributed by atoms with Gasteiger partial charge in [-0.2, -0.15) is 0 Å². The van der Waals surface area contributed by atoms with Gasteiger partial charge in [0.05, 0.1) is 6.42 Å². The number of carboxylic acids is 1. The first-order chi connectivity index (χ1) is 9.43. The number of carbonyl (C=O) groups is 2. The molecular weight excluding hydrogens is 322 g/mol. The Labute approximate surface area is 127 Å². The molecule has 0 saturated carbocycles. The van der Waals surface area contributed by atoms with Gasteiger partial charge in [-0.3, -0.25) is 4.79 Å². The van der Waals surface area contributed by atoms with Crippen LogP contribution in [0, 0.1) is 6.92 Å². The average Bonchev–Trinajstić information content (AvgIpc) is 2.38. The summed E-state index contributed by atoms with van der Waals surface area (Å²) in [6.45, 7) is 3.77. The Morgan fingerprint density at radius 2 is 2.15 bits per heavy atom. The summed E-state index contributed by atoms with van der Waals surface area (Å²) in [5.41, 5.74) is 1.93. The topological polar surface area (TPSA) is 66.4 Å². The van der Waals surface area contributed by atoms with Crippen molar-refractivity contribution in [2.45, 2.75) is 32.7 Å². The van der Waals surface area contributed by atoms with E-state index < -0.39 is 12.0 Å². The van der Waals surface area contributed by atoms with Crippen LogP contribution in [0.4, 0.5) is 0 Å². The van der Waals surface area contributed by atoms with Crippen molar-refractivity contribution in [1.82, 2.24) is 5.32 Å². The fourth-order valence-corrected chi connectivity index (χ4v) is 2.10. The third-order valence-corrected chi connectivity index (χ3v) is 3.70. The minimum atomic E-state index is -1.03. The zero-order valence-electron chi connectivity index (χ0n) is 11.5. The molecule has 0 saturated heterocycles. The zero-order chi connectivity index (χ0) is 15.1. The van der Waals surface area contributed by atoms with E-state index >= 15 is 0 Å². The van der Waals surface area contributed by atoms with Crippen LogP contribution in [0.3, 0.4) is 0 Å². The monoisotopic (exact) mass is 339 g/mol. The summed E-state index contributed by atoms with van der Waals surface area (Å²) in [6.07, 6.45) is 3.94. The van der Waals surface area contributed by atoms with Crippen molar-refractivity contribution in [3.8, 4) is 0 Å². The second-order valence-corrected chi connectivity index (χ2v) is 5.38. The lowest BCUT2D eigenvalue weighted by Gasteiger charge is -2.13. The molecule has 4 nitrogen and oxygen atoms in total. The minimum absolute atomic E-state index is 0.165. The van der Waals surface area contributed by atoms with Gasteiger partial charge in [-0.05, 0) is 37.5 Å². The maximum absolute atomic E-state index is 11.9. The maximum Gasteiger partial charge on any atom is 0.326 e. The van der Waals surface area contributed by atoms with E-state index in [2.05, 4.69) is 21.2 Å². The third kappa shape index (κ3) is 5.17. The van der Waals surface area contributed by atoms with Crippen molar-refractivity contribution in [3.05, 3.63) is 46.0 Å². The van der Waals surface area contributed by atoms with Gasteiger partial charge >= 0.3 is 5.97 Å². The molecule has 1 atom stereocenters. The quantitative estimate of drug-likeness (QED) is 0.783. The number of nitrogens with one attached hydrogen (secondary N) is 1. The Morgan fingerprint density at radius 1 is 1.45 bits per heavy atom. The van der Waals surface area contributed by atoms with Crippen LogP contribution in [-0.4, -0.2) is 23.0 Å². The number of aliphatic carboxylic acids is 1. The van der Waals surface area contributed by atoms with Crippen LogP contribution < -0.4 is 5.32 Å². The molecule has 0 aromatic heterocycles. The second kappa shape index (κ2) is 7.85. The Hall–Kier alpha value is -1.62. The van der Waals surface area contributed by atoms with E-state index in [-0.39, 0.29) is 18.7 Å². The number of halogens is 1. The SMILES string of the molecule is C/C=C/CC(NC(=O)Cc1ccc(C)c(Br)c1)C(=O)O. The molecule has 1 unspecified atom stereocenters. The Kier molecular flexibility index (Phi) is 6.45. The number of carboxylic acid groups (broad SMARTS) is 1. The van der Waals surface area contributed by atoms with Gasteiger partial charge in [0.1, 0.15) is 6.04 Å². The maximum atomic E-state index is 11.9. The Bertz CT molecular complexity index is 526. The molecule has 5 heteroatoms. The van der Waals surface area contributed by atoms with Crippen molar-refractivity contribution in [2.24, 2.45) is 0 Å². The lowest BCUT2D eigenvalue weighted by atomic mass is 10.1. The highest BCUT2D eigenvalue weighted by Gasteiger charge is 2.18. The van der Waals surface area contributed by atoms with Gasteiger partial charge in [0, 0.05) is 4.47 Å². The minimum Gasteiger partial charge on any atom is -0.480 e. The van der Waals surface area contributed by atoms with Gasteiger partial charge in [0.15, 0.2) is 0 Å². The Morgan fingerprint density at radius 3 is 2.70 bits per heavy atom. The number of carbonyl (C=O) groups excluding carboxylic acids is 1. The van der Waals surface area contributed by atoms with Crippen LogP contribution in [0.5, 0.6) is 0 Å². The summed E-state index contributed by atoms with van der Waals surface area (Å²) in [7, 11) is 0. The van der Waals surface area contributed by atoms with Crippen LogP contribution in [0.15, 0.2) is 34.8 Å². The Balaban J connectivity index is 2.65. The summed E-state index contributed by atoms with van der Waals surface area (Å²) in [5.74, 6) is -1.32. The highest BCUT2D eigenvalue weighted by molar-refractivity contribution is 9.10. The van der Waals surface area contributed by atoms with Crippen LogP contribution in [0.2, 0.25) is 0 Å². The number of hydrogen-bond acceptors (Lipinski definition) is 2. The largest absolute Gasteiger partial charge is 0.480 e. The third-order valence-electron chi connectivity index (χ3n) is 2.84. The molecular formula is C15H18BrNO3. The molecule has 1 aromatic rings. The number of rotatable bonds is 6. The van der Waals surface area contributed by atoms with E-state index in [1.165, 1.54) is 0 Å². The highest BCUT2D eigenvalue weighted by Crippen LogP contribution is 2.17. The molecule has 108 valence electrons. The number of aryl methyl sites for hydroxylation is 1. The first-order valence-corrected chi connectivity index (χ1v) is 7.11. The molecule has 0 aliphatic carbocycles. The molecule has 0 spiro atoms. The fourth-order valence-electron chi connectivity index (χ4n) is 1.67. The smallest absolute Gasteiger partial charge is 0.326 e. The predicted molar refractivity (Wildman–Crippen MR) is 81.6 cm³/mol. The van der Waals surface area contributed by atoms with Crippen LogP contribution in [0.1, 0.15) is 24.5 Å². The number of hydrogen-bond donors (Lipinski definition) is 2. The number of benzene rings is 1. The van der Waals surface area contributed by atoms with E-state index in [1.807, 2.05) is 32.0 Å². The van der Waals surface area contributed by atoms with Gasteiger partial charge in [-0.15, -0.1) is 0 Å². The van der Waals surface area contributed by atoms with E-state index in [4.69, 9.17) is 5.11 Å². The molecule has 1 amide bonds. The molecule has 1 rings (SSSR count). The van der Waals surface area contributed by atoms with Crippen molar-refractivity contribution in [1.29, 1.82) is 0 Å². The van der Waals surface area contributed by atoms with E-state index in [1.54, 1.807) is 12.2 Å². The second-order valence-electron chi connectivity index (χ2n) is 4.52. The lowest BCUT2D eigenvalue weighted by Crippen LogP contribution is -2.41. The predicted octanol–water partition coefficient (Wildman–Crippen LogP) is 2.84. The van der Waals surface area contributed by atoms with E-state index in [0.717, 1.165) is 15.6 Å². The molecule has 20 heavy (non-hydrogen) atoms. The van der Waals surface area contributed by atoms with Gasteiger partial charge in [0.25, 0.3) is 0 Å². The lowest BCUT2D eigenvalue weighted by molar-refractivity contribution is -0.141. The van der Waals surface area contributed by atoms with Gasteiger partial charge < -0.3 is 10.4 Å². The number of amides is 1. The summed E-state index contributed by atoms with van der Waals surface area (Å²) in [6, 6.07) is 4.77. The molecule has 0 aliphatic rings. The first kappa shape index (κ1) is 16.4. The summed E-state index contributed by atoms with van der Waals surface area (Å²) >= 11 is 3.41. The van der Waals surface area contributed by atoms with Gasteiger partial charge in [0.2, 0.25) is 5.91 Å². The van der Waals surface area contributed by atoms with E-state index in [0.29, 0.717) is 0 Å². The zero-order valence-corrected chi connectivity index (χ0v) is 13.1. The standard InChI is InChI=1S/C15H18BrNO3/c1-3-4-5-13(15(19)20)17-14(18)9-11-7-6-10(2)12(16)8-11/h3-4,6-8,13H,5,9H2,1-2H3,(H,17,18)(H,19,20)/b4-3+. The molecule has 1 aromatic carbocycles. The van der Waals surface area contributed by atoms with Crippen molar-refractivity contribution in [3.63, 3.8) is 0 Å². The molecule has 0 aliphatic heterocycles. The van der Waals surface area contributed by atoms with Gasteiger partial charge in [-0.25, -0.2) is 4.79 Å². The summed E-state index contributed by atoms with van der Waals surface area (Å²) in [5, 5.41) is 11.6. The van der Waals surface area contributed by atoms with Crippen LogP contribution >= 0.6 is 15.9 Å². The number of allylic oxidation sites excluding steroid dienone is 1. The molecule has 0 heterocycles. The van der Waals surface area contributed by atoms with Gasteiger partial charge in [-0.1, -0.05) is 40.2 Å². The van der Waals surface area contributed by atoms with Crippen LogP contribution in [-0.2, 0) is 16.0 Å². The molecule has 0 bridgehead atoms. The molecule has 0 radical (unpaired) electrons. The highest BCUT2D eigenvalue weighted by atomic mass is 79.9. The van der Waals surface area contributed by atoms with E-state index in [9.17, 15) is 9.59 Å². The van der Waals surface area contributed by atoms with Crippen molar-refractivity contribution < 1.29 is 14.7 Å². The van der Waals surface area contributed by atoms with Crippen molar-refractivity contribution in [2.75, 3.05) is 0 Å².